The minimum atomic E-state index is -1.05. The average Bonchev–Trinajstić information content (AvgIpc) is 2.74. The summed E-state index contributed by atoms with van der Waals surface area (Å²) in [5, 5.41) is 9.17. The number of likely N-dealkylation sites (tertiary alicyclic amines) is 1. The maximum absolute atomic E-state index is 12.2. The molecular formula is C16H21NO4. The maximum atomic E-state index is 12.2. The lowest BCUT2D eigenvalue weighted by atomic mass is 10.1. The molecule has 0 aromatic heterocycles. The van der Waals surface area contributed by atoms with Gasteiger partial charge in [0.15, 0.2) is 6.61 Å². The predicted molar refractivity (Wildman–Crippen MR) is 78.7 cm³/mol. The number of amides is 1. The molecule has 0 spiro atoms. The van der Waals surface area contributed by atoms with Gasteiger partial charge in [-0.05, 0) is 31.4 Å². The highest BCUT2D eigenvalue weighted by Gasteiger charge is 2.18. The van der Waals surface area contributed by atoms with Gasteiger partial charge in [0.25, 0.3) is 5.91 Å². The molecule has 1 aromatic rings. The first-order chi connectivity index (χ1) is 10.1. The third kappa shape index (κ3) is 3.97. The minimum Gasteiger partial charge on any atom is -0.483 e. The quantitative estimate of drug-likeness (QED) is 0.925. The molecular weight excluding hydrogens is 270 g/mol. The Labute approximate surface area is 124 Å². The normalized spacial score (nSPS) is 15.4. The van der Waals surface area contributed by atoms with Crippen LogP contribution in [-0.4, -0.2) is 41.6 Å². The summed E-state index contributed by atoms with van der Waals surface area (Å²) in [6.45, 7) is 3.20. The molecule has 1 fully saturated rings. The number of aryl methyl sites for hydroxylation is 1. The summed E-state index contributed by atoms with van der Waals surface area (Å²) < 4.78 is 5.51. The van der Waals surface area contributed by atoms with Crippen molar-refractivity contribution in [2.24, 2.45) is 0 Å². The number of rotatable bonds is 4. The van der Waals surface area contributed by atoms with Crippen molar-refractivity contribution in [3.63, 3.8) is 0 Å². The Morgan fingerprint density at radius 3 is 2.48 bits per heavy atom. The number of carbonyl (C=O) groups is 2. The smallest absolute Gasteiger partial charge is 0.339 e. The average molecular weight is 291 g/mol. The van der Waals surface area contributed by atoms with Crippen molar-refractivity contribution in [1.82, 2.24) is 4.90 Å². The van der Waals surface area contributed by atoms with Crippen LogP contribution in [0.1, 0.15) is 41.6 Å². The van der Waals surface area contributed by atoms with E-state index in [4.69, 9.17) is 9.84 Å². The Bertz CT molecular complexity index is 519. The maximum Gasteiger partial charge on any atom is 0.339 e. The number of benzene rings is 1. The molecule has 0 unspecified atom stereocenters. The van der Waals surface area contributed by atoms with Crippen LogP contribution in [0.2, 0.25) is 0 Å². The van der Waals surface area contributed by atoms with Gasteiger partial charge in [0.1, 0.15) is 11.3 Å². The zero-order chi connectivity index (χ0) is 15.2. The molecule has 21 heavy (non-hydrogen) atoms. The SMILES string of the molecule is Cc1cccc(C(=O)O)c1OCC(=O)N1CCCCCC1. The number of para-hydroxylation sites is 1. The second-order valence-corrected chi connectivity index (χ2v) is 5.34. The van der Waals surface area contributed by atoms with Crippen LogP contribution in [-0.2, 0) is 4.79 Å². The molecule has 5 heteroatoms. The first kappa shape index (κ1) is 15.4. The Balaban J connectivity index is 2.02. The van der Waals surface area contributed by atoms with E-state index in [-0.39, 0.29) is 23.8 Å². The van der Waals surface area contributed by atoms with Gasteiger partial charge in [-0.25, -0.2) is 4.79 Å². The molecule has 1 amide bonds. The van der Waals surface area contributed by atoms with Gasteiger partial charge in [-0.2, -0.15) is 0 Å². The first-order valence-corrected chi connectivity index (χ1v) is 7.33. The fourth-order valence-electron chi connectivity index (χ4n) is 2.56. The van der Waals surface area contributed by atoms with Crippen LogP contribution in [0.4, 0.5) is 0 Å². The van der Waals surface area contributed by atoms with Gasteiger partial charge in [0, 0.05) is 13.1 Å². The number of hydrogen-bond acceptors (Lipinski definition) is 3. The molecule has 0 radical (unpaired) electrons. The topological polar surface area (TPSA) is 66.8 Å². The molecule has 1 saturated heterocycles. The molecule has 0 saturated carbocycles. The fraction of sp³-hybridized carbons (Fsp3) is 0.500. The molecule has 1 aliphatic rings. The molecule has 1 aliphatic heterocycles. The van der Waals surface area contributed by atoms with Crippen molar-refractivity contribution in [3.05, 3.63) is 29.3 Å². The highest BCUT2D eigenvalue weighted by molar-refractivity contribution is 5.91. The molecule has 5 nitrogen and oxygen atoms in total. The number of carboxylic acid groups (broad SMARTS) is 1. The second kappa shape index (κ2) is 7.11. The van der Waals surface area contributed by atoms with Crippen molar-refractivity contribution in [3.8, 4) is 5.75 Å². The van der Waals surface area contributed by atoms with E-state index < -0.39 is 5.97 Å². The lowest BCUT2D eigenvalue weighted by molar-refractivity contribution is -0.133. The van der Waals surface area contributed by atoms with Crippen molar-refractivity contribution < 1.29 is 19.4 Å². The molecule has 0 bridgehead atoms. The Kier molecular flexibility index (Phi) is 5.20. The summed E-state index contributed by atoms with van der Waals surface area (Å²) >= 11 is 0. The Hall–Kier alpha value is -2.04. The van der Waals surface area contributed by atoms with Crippen LogP contribution in [0.3, 0.4) is 0 Å². The van der Waals surface area contributed by atoms with E-state index in [1.165, 1.54) is 6.07 Å². The second-order valence-electron chi connectivity index (χ2n) is 5.34. The molecule has 0 atom stereocenters. The Morgan fingerprint density at radius 2 is 1.86 bits per heavy atom. The van der Waals surface area contributed by atoms with Gasteiger partial charge >= 0.3 is 5.97 Å². The van der Waals surface area contributed by atoms with E-state index in [9.17, 15) is 9.59 Å². The number of nitrogens with zero attached hydrogens (tertiary/aromatic N) is 1. The fourth-order valence-corrected chi connectivity index (χ4v) is 2.56. The number of carbonyl (C=O) groups excluding carboxylic acids is 1. The zero-order valence-corrected chi connectivity index (χ0v) is 12.3. The Morgan fingerprint density at radius 1 is 1.19 bits per heavy atom. The van der Waals surface area contributed by atoms with E-state index in [0.29, 0.717) is 0 Å². The van der Waals surface area contributed by atoms with Crippen molar-refractivity contribution in [1.29, 1.82) is 0 Å². The van der Waals surface area contributed by atoms with Crippen molar-refractivity contribution >= 4 is 11.9 Å². The van der Waals surface area contributed by atoms with Gasteiger partial charge in [-0.1, -0.05) is 25.0 Å². The lowest BCUT2D eigenvalue weighted by Crippen LogP contribution is -2.35. The zero-order valence-electron chi connectivity index (χ0n) is 12.3. The molecule has 114 valence electrons. The minimum absolute atomic E-state index is 0.0727. The third-order valence-electron chi connectivity index (χ3n) is 3.74. The van der Waals surface area contributed by atoms with E-state index in [1.807, 2.05) is 4.90 Å². The van der Waals surface area contributed by atoms with Gasteiger partial charge in [0.05, 0.1) is 0 Å². The molecule has 1 N–H and O–H groups in total. The summed E-state index contributed by atoms with van der Waals surface area (Å²) in [4.78, 5) is 25.2. The summed E-state index contributed by atoms with van der Waals surface area (Å²) in [5.41, 5.74) is 0.817. The van der Waals surface area contributed by atoms with Gasteiger partial charge in [-0.3, -0.25) is 4.79 Å². The molecule has 0 aliphatic carbocycles. The summed E-state index contributed by atoms with van der Waals surface area (Å²) in [6, 6.07) is 4.93. The van der Waals surface area contributed by atoms with Crippen LogP contribution in [0.25, 0.3) is 0 Å². The number of hydrogen-bond donors (Lipinski definition) is 1. The van der Waals surface area contributed by atoms with Crippen molar-refractivity contribution in [2.75, 3.05) is 19.7 Å². The van der Waals surface area contributed by atoms with Crippen LogP contribution in [0, 0.1) is 6.92 Å². The number of aromatic carboxylic acids is 1. The van der Waals surface area contributed by atoms with E-state index in [1.54, 1.807) is 19.1 Å². The van der Waals surface area contributed by atoms with Crippen LogP contribution in [0.15, 0.2) is 18.2 Å². The third-order valence-corrected chi connectivity index (χ3v) is 3.74. The number of carboxylic acids is 1. The number of ether oxygens (including phenoxy) is 1. The van der Waals surface area contributed by atoms with Gasteiger partial charge < -0.3 is 14.7 Å². The van der Waals surface area contributed by atoms with Crippen LogP contribution >= 0.6 is 0 Å². The monoisotopic (exact) mass is 291 g/mol. The van der Waals surface area contributed by atoms with Gasteiger partial charge in [0.2, 0.25) is 0 Å². The van der Waals surface area contributed by atoms with E-state index in [0.717, 1.165) is 44.3 Å². The standard InChI is InChI=1S/C16H21NO4/c1-12-7-6-8-13(16(19)20)15(12)21-11-14(18)17-9-4-2-3-5-10-17/h6-8H,2-5,9-11H2,1H3,(H,19,20). The van der Waals surface area contributed by atoms with E-state index in [2.05, 4.69) is 0 Å². The van der Waals surface area contributed by atoms with Crippen LogP contribution in [0.5, 0.6) is 5.75 Å². The summed E-state index contributed by atoms with van der Waals surface area (Å²) in [5.74, 6) is -0.833. The predicted octanol–water partition coefficient (Wildman–Crippen LogP) is 2.47. The van der Waals surface area contributed by atoms with Crippen molar-refractivity contribution in [2.45, 2.75) is 32.6 Å². The van der Waals surface area contributed by atoms with Gasteiger partial charge in [-0.15, -0.1) is 0 Å². The summed E-state index contributed by atoms with van der Waals surface area (Å²) in [6.07, 6.45) is 4.37. The largest absolute Gasteiger partial charge is 0.483 e. The molecule has 1 heterocycles. The highest BCUT2D eigenvalue weighted by atomic mass is 16.5. The summed E-state index contributed by atoms with van der Waals surface area (Å²) in [7, 11) is 0. The lowest BCUT2D eigenvalue weighted by Gasteiger charge is -2.21. The highest BCUT2D eigenvalue weighted by Crippen LogP contribution is 2.23. The first-order valence-electron chi connectivity index (χ1n) is 7.33. The molecule has 2 rings (SSSR count). The van der Waals surface area contributed by atoms with E-state index >= 15 is 0 Å². The van der Waals surface area contributed by atoms with Crippen LogP contribution < -0.4 is 4.74 Å². The molecule has 1 aromatic carbocycles.